The summed E-state index contributed by atoms with van der Waals surface area (Å²) in [7, 11) is 1.56. The third-order valence-electron chi connectivity index (χ3n) is 4.63. The van der Waals surface area contributed by atoms with Gasteiger partial charge in [0.1, 0.15) is 12.4 Å². The number of carbonyl (C=O) groups excluding carboxylic acids is 1. The number of fused-ring (bicyclic) bond motifs is 2. The van der Waals surface area contributed by atoms with E-state index in [-0.39, 0.29) is 23.5 Å². The molecule has 0 bridgehead atoms. The molecule has 0 radical (unpaired) electrons. The Bertz CT molecular complexity index is 1220. The van der Waals surface area contributed by atoms with Crippen molar-refractivity contribution < 1.29 is 23.0 Å². The summed E-state index contributed by atoms with van der Waals surface area (Å²) < 4.78 is 38.2. The SMILES string of the molecule is COc1ccc2cc(C(=O)OCc3nc4ccccc4n3C(F)F)c(C)nc2c1. The van der Waals surface area contributed by atoms with Crippen LogP contribution in [0.5, 0.6) is 5.75 Å². The average molecular weight is 397 g/mol. The smallest absolute Gasteiger partial charge is 0.340 e. The van der Waals surface area contributed by atoms with Crippen LogP contribution in [0.2, 0.25) is 0 Å². The maximum absolute atomic E-state index is 13.5. The Morgan fingerprint density at radius 2 is 1.90 bits per heavy atom. The topological polar surface area (TPSA) is 66.2 Å². The lowest BCUT2D eigenvalue weighted by atomic mass is 10.1. The van der Waals surface area contributed by atoms with Gasteiger partial charge in [-0.15, -0.1) is 0 Å². The molecule has 0 saturated carbocycles. The van der Waals surface area contributed by atoms with Crippen LogP contribution in [-0.4, -0.2) is 27.6 Å². The number of alkyl halides is 2. The van der Waals surface area contributed by atoms with E-state index in [2.05, 4.69) is 9.97 Å². The fourth-order valence-electron chi connectivity index (χ4n) is 3.20. The molecular formula is C21H17F2N3O3. The molecule has 0 aliphatic carbocycles. The Kier molecular flexibility index (Phi) is 4.84. The highest BCUT2D eigenvalue weighted by molar-refractivity contribution is 5.95. The van der Waals surface area contributed by atoms with Crippen molar-refractivity contribution in [3.8, 4) is 5.75 Å². The van der Waals surface area contributed by atoms with Crippen LogP contribution in [-0.2, 0) is 11.3 Å². The second-order valence-corrected chi connectivity index (χ2v) is 6.42. The van der Waals surface area contributed by atoms with Crippen molar-refractivity contribution in [3.05, 3.63) is 65.6 Å². The predicted molar refractivity (Wildman–Crippen MR) is 103 cm³/mol. The maximum atomic E-state index is 13.5. The second kappa shape index (κ2) is 7.46. The molecule has 4 aromatic rings. The molecule has 8 heteroatoms. The van der Waals surface area contributed by atoms with Crippen molar-refractivity contribution >= 4 is 27.9 Å². The molecule has 4 rings (SSSR count). The molecule has 0 N–H and O–H groups in total. The Morgan fingerprint density at radius 1 is 1.10 bits per heavy atom. The maximum Gasteiger partial charge on any atom is 0.340 e. The van der Waals surface area contributed by atoms with Gasteiger partial charge in [-0.1, -0.05) is 12.1 Å². The van der Waals surface area contributed by atoms with Gasteiger partial charge in [-0.25, -0.2) is 9.78 Å². The van der Waals surface area contributed by atoms with Gasteiger partial charge in [0, 0.05) is 11.5 Å². The van der Waals surface area contributed by atoms with E-state index in [4.69, 9.17) is 9.47 Å². The molecule has 0 amide bonds. The first kappa shape index (κ1) is 18.8. The molecule has 0 aliphatic rings. The van der Waals surface area contributed by atoms with E-state index in [0.717, 1.165) is 9.95 Å². The number of carbonyl (C=O) groups is 1. The van der Waals surface area contributed by atoms with Crippen LogP contribution in [0.1, 0.15) is 28.4 Å². The van der Waals surface area contributed by atoms with Crippen molar-refractivity contribution in [2.45, 2.75) is 20.1 Å². The number of ether oxygens (including phenoxy) is 2. The van der Waals surface area contributed by atoms with Crippen LogP contribution in [0.4, 0.5) is 8.78 Å². The Labute approximate surface area is 164 Å². The van der Waals surface area contributed by atoms with Gasteiger partial charge in [-0.05, 0) is 37.3 Å². The average Bonchev–Trinajstić information content (AvgIpc) is 3.09. The number of pyridine rings is 1. The summed E-state index contributed by atoms with van der Waals surface area (Å²) >= 11 is 0. The largest absolute Gasteiger partial charge is 0.497 e. The van der Waals surface area contributed by atoms with Crippen LogP contribution in [0.15, 0.2) is 48.5 Å². The summed E-state index contributed by atoms with van der Waals surface area (Å²) in [6.07, 6.45) is 0. The zero-order valence-corrected chi connectivity index (χ0v) is 15.7. The van der Waals surface area contributed by atoms with Crippen molar-refractivity contribution in [1.82, 2.24) is 14.5 Å². The van der Waals surface area contributed by atoms with E-state index >= 15 is 0 Å². The van der Waals surface area contributed by atoms with Crippen LogP contribution in [0, 0.1) is 6.92 Å². The molecule has 0 spiro atoms. The molecule has 0 fully saturated rings. The molecule has 148 valence electrons. The summed E-state index contributed by atoms with van der Waals surface area (Å²) in [5.74, 6) is -0.0168. The highest BCUT2D eigenvalue weighted by Crippen LogP contribution is 2.25. The molecule has 0 unspecified atom stereocenters. The fourth-order valence-corrected chi connectivity index (χ4v) is 3.20. The van der Waals surface area contributed by atoms with Gasteiger partial charge in [-0.3, -0.25) is 9.55 Å². The normalized spacial score (nSPS) is 11.3. The van der Waals surface area contributed by atoms with Crippen LogP contribution in [0.25, 0.3) is 21.9 Å². The monoisotopic (exact) mass is 397 g/mol. The number of para-hydroxylation sites is 2. The minimum Gasteiger partial charge on any atom is -0.497 e. The van der Waals surface area contributed by atoms with Gasteiger partial charge in [0.2, 0.25) is 0 Å². The third kappa shape index (κ3) is 3.49. The number of methoxy groups -OCH3 is 1. The lowest BCUT2D eigenvalue weighted by Gasteiger charge is -2.10. The van der Waals surface area contributed by atoms with Crippen molar-refractivity contribution in [3.63, 3.8) is 0 Å². The first-order valence-corrected chi connectivity index (χ1v) is 8.84. The van der Waals surface area contributed by atoms with Gasteiger partial charge in [0.05, 0.1) is 34.9 Å². The molecule has 2 aromatic heterocycles. The number of aryl methyl sites for hydroxylation is 1. The summed E-state index contributed by atoms with van der Waals surface area (Å²) in [5.41, 5.74) is 2.11. The highest BCUT2D eigenvalue weighted by Gasteiger charge is 2.20. The first-order valence-electron chi connectivity index (χ1n) is 8.84. The van der Waals surface area contributed by atoms with Crippen LogP contribution in [0.3, 0.4) is 0 Å². The predicted octanol–water partition coefficient (Wildman–Crippen LogP) is 4.65. The number of nitrogens with zero attached hydrogens (tertiary/aromatic N) is 3. The van der Waals surface area contributed by atoms with Crippen LogP contribution < -0.4 is 4.74 Å². The number of aromatic nitrogens is 3. The fraction of sp³-hybridized carbons (Fsp3) is 0.190. The summed E-state index contributed by atoms with van der Waals surface area (Å²) in [4.78, 5) is 21.2. The van der Waals surface area contributed by atoms with E-state index in [1.54, 1.807) is 62.6 Å². The zero-order valence-electron chi connectivity index (χ0n) is 15.7. The van der Waals surface area contributed by atoms with E-state index in [1.807, 2.05) is 0 Å². The Hall–Kier alpha value is -3.55. The summed E-state index contributed by atoms with van der Waals surface area (Å²) in [6, 6.07) is 13.5. The van der Waals surface area contributed by atoms with Gasteiger partial charge >= 0.3 is 12.5 Å². The number of benzene rings is 2. The van der Waals surface area contributed by atoms with E-state index < -0.39 is 12.5 Å². The number of imidazole rings is 1. The quantitative estimate of drug-likeness (QED) is 0.459. The minimum atomic E-state index is -2.80. The number of hydrogen-bond acceptors (Lipinski definition) is 5. The lowest BCUT2D eigenvalue weighted by molar-refractivity contribution is 0.0386. The molecule has 29 heavy (non-hydrogen) atoms. The molecule has 6 nitrogen and oxygen atoms in total. The number of esters is 1. The molecule has 0 aliphatic heterocycles. The van der Waals surface area contributed by atoms with E-state index in [0.29, 0.717) is 22.5 Å². The number of halogens is 2. The zero-order chi connectivity index (χ0) is 20.5. The number of hydrogen-bond donors (Lipinski definition) is 0. The second-order valence-electron chi connectivity index (χ2n) is 6.42. The summed E-state index contributed by atoms with van der Waals surface area (Å²) in [5, 5.41) is 0.739. The third-order valence-corrected chi connectivity index (χ3v) is 4.63. The minimum absolute atomic E-state index is 0.0225. The van der Waals surface area contributed by atoms with Crippen LogP contribution >= 0.6 is 0 Å². The van der Waals surface area contributed by atoms with E-state index in [9.17, 15) is 13.6 Å². The standard InChI is InChI=1S/C21H17F2N3O3/c1-12-15(9-13-7-8-14(28-2)10-17(13)24-12)20(27)29-11-19-25-16-5-3-4-6-18(16)26(19)21(22)23/h3-10,21H,11H2,1-2H3. The van der Waals surface area contributed by atoms with Gasteiger partial charge < -0.3 is 9.47 Å². The molecule has 0 saturated heterocycles. The van der Waals surface area contributed by atoms with Gasteiger partial charge in [-0.2, -0.15) is 8.78 Å². The molecule has 0 atom stereocenters. The molecule has 2 heterocycles. The van der Waals surface area contributed by atoms with Gasteiger partial charge in [0.15, 0.2) is 5.82 Å². The molecule has 2 aromatic carbocycles. The van der Waals surface area contributed by atoms with Crippen molar-refractivity contribution in [1.29, 1.82) is 0 Å². The Morgan fingerprint density at radius 3 is 2.66 bits per heavy atom. The summed E-state index contributed by atoms with van der Waals surface area (Å²) in [6.45, 7) is -1.49. The highest BCUT2D eigenvalue weighted by atomic mass is 19.3. The first-order chi connectivity index (χ1) is 14.0. The number of rotatable bonds is 5. The lowest BCUT2D eigenvalue weighted by Crippen LogP contribution is -2.12. The van der Waals surface area contributed by atoms with Gasteiger partial charge in [0.25, 0.3) is 0 Å². The van der Waals surface area contributed by atoms with E-state index in [1.165, 1.54) is 0 Å². The molecular weight excluding hydrogens is 380 g/mol. The van der Waals surface area contributed by atoms with Crippen molar-refractivity contribution in [2.24, 2.45) is 0 Å². The Balaban J connectivity index is 1.61. The van der Waals surface area contributed by atoms with Crippen molar-refractivity contribution in [2.75, 3.05) is 7.11 Å².